The van der Waals surface area contributed by atoms with Gasteiger partial charge in [-0.3, -0.25) is 0 Å². The summed E-state index contributed by atoms with van der Waals surface area (Å²) in [4.78, 5) is 0. The van der Waals surface area contributed by atoms with Crippen LogP contribution in [0.2, 0.25) is 0 Å². The Labute approximate surface area is 240 Å². The summed E-state index contributed by atoms with van der Waals surface area (Å²) in [5.41, 5.74) is 0. The first-order valence-electron chi connectivity index (χ1n) is 13.7. The van der Waals surface area contributed by atoms with Gasteiger partial charge in [0.05, 0.1) is 24.9 Å². The highest BCUT2D eigenvalue weighted by Crippen LogP contribution is 2.34. The quantitative estimate of drug-likeness (QED) is 0.126. The fraction of sp³-hybridized carbons (Fsp3) is 1.00. The fourth-order valence-electron chi connectivity index (χ4n) is 5.37. The SMILES string of the molecule is C[C@@H]1O[C@@H](O[C@H]2[C@H](O[C@H]3[C@@H](O)[C@H](O)O[C@@H](C)[C@@H]3O[C@H]3O[C@H](CO)[C@@H](O)[C@H](O)[C@H]3O)O[C@@H](C)[C@H](O)[C@H]2O)[C@H](O)[C@H](O)[C@H]1O. The molecule has 18 nitrogen and oxygen atoms in total. The third kappa shape index (κ3) is 6.62. The van der Waals surface area contributed by atoms with Crippen LogP contribution in [0.4, 0.5) is 0 Å². The van der Waals surface area contributed by atoms with Crippen molar-refractivity contribution in [2.24, 2.45) is 0 Å². The molecule has 4 saturated heterocycles. The zero-order valence-electron chi connectivity index (χ0n) is 23.0. The molecule has 0 aliphatic carbocycles. The molecule has 42 heavy (non-hydrogen) atoms. The molecule has 0 amide bonds. The van der Waals surface area contributed by atoms with Gasteiger partial charge in [0.2, 0.25) is 0 Å². The third-order valence-electron chi connectivity index (χ3n) is 8.08. The van der Waals surface area contributed by atoms with Gasteiger partial charge in [-0.1, -0.05) is 0 Å². The van der Waals surface area contributed by atoms with Crippen LogP contribution >= 0.6 is 0 Å². The van der Waals surface area contributed by atoms with Crippen LogP contribution in [0.25, 0.3) is 0 Å². The molecule has 0 bridgehead atoms. The van der Waals surface area contributed by atoms with Crippen LogP contribution in [-0.2, 0) is 33.2 Å². The largest absolute Gasteiger partial charge is 0.394 e. The van der Waals surface area contributed by atoms with Gasteiger partial charge in [-0.05, 0) is 20.8 Å². The van der Waals surface area contributed by atoms with Crippen LogP contribution in [0.1, 0.15) is 20.8 Å². The summed E-state index contributed by atoms with van der Waals surface area (Å²) in [5, 5.41) is 113. The maximum atomic E-state index is 10.9. The molecule has 20 atom stereocenters. The predicted octanol–water partition coefficient (Wildman–Crippen LogP) is -6.67. The number of hydrogen-bond donors (Lipinski definition) is 11. The minimum Gasteiger partial charge on any atom is -0.394 e. The minimum absolute atomic E-state index is 0.741. The van der Waals surface area contributed by atoms with E-state index in [1.807, 2.05) is 0 Å². The van der Waals surface area contributed by atoms with Crippen LogP contribution in [0.5, 0.6) is 0 Å². The summed E-state index contributed by atoms with van der Waals surface area (Å²) in [5.74, 6) is 0. The molecule has 4 aliphatic heterocycles. The molecule has 4 rings (SSSR count). The summed E-state index contributed by atoms with van der Waals surface area (Å²) in [6.45, 7) is 3.47. The Kier molecular flexibility index (Phi) is 11.2. The predicted molar refractivity (Wildman–Crippen MR) is 130 cm³/mol. The first kappa shape index (κ1) is 34.2. The molecule has 18 heteroatoms. The lowest BCUT2D eigenvalue weighted by Gasteiger charge is -2.49. The van der Waals surface area contributed by atoms with Gasteiger partial charge in [-0.2, -0.15) is 0 Å². The molecule has 0 aromatic carbocycles. The molecule has 4 fully saturated rings. The molecule has 0 spiro atoms. The normalized spacial score (nSPS) is 55.9. The van der Waals surface area contributed by atoms with Crippen LogP contribution in [0, 0.1) is 0 Å². The van der Waals surface area contributed by atoms with E-state index in [1.54, 1.807) is 0 Å². The molecule has 246 valence electrons. The number of hydrogen-bond acceptors (Lipinski definition) is 18. The standard InChI is InChI=1S/C24H42O18/c1-5-9(26)12(29)15(32)22(37-5)42-20-14(31)10(27)6(2)38-24(20)41-19-17(34)21(35)36-7(3)18(19)40-23-16(33)13(30)11(28)8(4-25)39-23/h5-35H,4H2,1-3H3/t5-,6-,7-,8+,9-,10-,11+,12+,13-,14+,15+,16+,17+,18-,19-,20+,21+,22-,23+,24-/m0/s1. The molecule has 11 N–H and O–H groups in total. The van der Waals surface area contributed by atoms with Crippen molar-refractivity contribution in [1.29, 1.82) is 0 Å². The molecule has 0 aromatic heterocycles. The lowest BCUT2D eigenvalue weighted by atomic mass is 9.96. The van der Waals surface area contributed by atoms with Gasteiger partial charge >= 0.3 is 0 Å². The van der Waals surface area contributed by atoms with Crippen LogP contribution in [0.15, 0.2) is 0 Å². The van der Waals surface area contributed by atoms with Gasteiger partial charge in [0.25, 0.3) is 0 Å². The second kappa shape index (κ2) is 13.7. The first-order chi connectivity index (χ1) is 19.7. The number of aliphatic hydroxyl groups is 11. The highest BCUT2D eigenvalue weighted by atomic mass is 16.8. The van der Waals surface area contributed by atoms with E-state index in [0.29, 0.717) is 0 Å². The molecule has 0 saturated carbocycles. The van der Waals surface area contributed by atoms with Crippen molar-refractivity contribution in [3.05, 3.63) is 0 Å². The average Bonchev–Trinajstić information content (AvgIpc) is 2.95. The van der Waals surface area contributed by atoms with Crippen LogP contribution < -0.4 is 0 Å². The topological polar surface area (TPSA) is 287 Å². The van der Waals surface area contributed by atoms with Gasteiger partial charge in [0, 0.05) is 0 Å². The third-order valence-corrected chi connectivity index (χ3v) is 8.08. The van der Waals surface area contributed by atoms with Crippen molar-refractivity contribution >= 4 is 0 Å². The molecule has 4 heterocycles. The van der Waals surface area contributed by atoms with E-state index in [-0.39, 0.29) is 0 Å². The Hall–Kier alpha value is -0.720. The second-order valence-electron chi connectivity index (χ2n) is 11.1. The Morgan fingerprint density at radius 2 is 0.905 bits per heavy atom. The maximum absolute atomic E-state index is 10.9. The minimum atomic E-state index is -1.85. The Balaban J connectivity index is 1.58. The maximum Gasteiger partial charge on any atom is 0.187 e. The monoisotopic (exact) mass is 618 g/mol. The summed E-state index contributed by atoms with van der Waals surface area (Å²) in [6, 6.07) is 0. The number of ether oxygens (including phenoxy) is 7. The lowest BCUT2D eigenvalue weighted by Crippen LogP contribution is -2.67. The molecular weight excluding hydrogens is 576 g/mol. The first-order valence-corrected chi connectivity index (χ1v) is 13.7. The van der Waals surface area contributed by atoms with Gasteiger partial charge < -0.3 is 89.3 Å². The van der Waals surface area contributed by atoms with Crippen molar-refractivity contribution in [1.82, 2.24) is 0 Å². The van der Waals surface area contributed by atoms with E-state index in [4.69, 9.17) is 33.2 Å². The number of aliphatic hydroxyl groups excluding tert-OH is 11. The van der Waals surface area contributed by atoms with Crippen molar-refractivity contribution in [2.75, 3.05) is 6.61 Å². The zero-order chi connectivity index (χ0) is 31.2. The number of rotatable bonds is 7. The van der Waals surface area contributed by atoms with E-state index >= 15 is 0 Å². The Bertz CT molecular complexity index is 867. The van der Waals surface area contributed by atoms with E-state index in [2.05, 4.69) is 0 Å². The summed E-state index contributed by atoms with van der Waals surface area (Å²) < 4.78 is 39.2. The summed E-state index contributed by atoms with van der Waals surface area (Å²) >= 11 is 0. The zero-order valence-corrected chi connectivity index (χ0v) is 23.0. The van der Waals surface area contributed by atoms with Gasteiger partial charge in [-0.15, -0.1) is 0 Å². The highest BCUT2D eigenvalue weighted by Gasteiger charge is 2.54. The molecule has 0 radical (unpaired) electrons. The van der Waals surface area contributed by atoms with E-state index in [0.717, 1.165) is 0 Å². The van der Waals surface area contributed by atoms with E-state index < -0.39 is 129 Å². The molecular formula is C24H42O18. The van der Waals surface area contributed by atoms with Gasteiger partial charge in [0.1, 0.15) is 79.4 Å². The van der Waals surface area contributed by atoms with Crippen LogP contribution in [-0.4, -0.2) is 186 Å². The Morgan fingerprint density at radius 1 is 0.429 bits per heavy atom. The van der Waals surface area contributed by atoms with Crippen molar-refractivity contribution < 1.29 is 89.3 Å². The van der Waals surface area contributed by atoms with Crippen LogP contribution in [0.3, 0.4) is 0 Å². The van der Waals surface area contributed by atoms with Gasteiger partial charge in [0.15, 0.2) is 25.2 Å². The molecule has 4 aliphatic rings. The smallest absolute Gasteiger partial charge is 0.187 e. The average molecular weight is 619 g/mol. The van der Waals surface area contributed by atoms with Crippen molar-refractivity contribution in [3.63, 3.8) is 0 Å². The highest BCUT2D eigenvalue weighted by molar-refractivity contribution is 4.96. The fourth-order valence-corrected chi connectivity index (χ4v) is 5.37. The summed E-state index contributed by atoms with van der Waals surface area (Å²) in [7, 11) is 0. The van der Waals surface area contributed by atoms with Crippen molar-refractivity contribution in [2.45, 2.75) is 144 Å². The lowest BCUT2D eigenvalue weighted by molar-refractivity contribution is -0.395. The second-order valence-corrected chi connectivity index (χ2v) is 11.1. The van der Waals surface area contributed by atoms with Crippen molar-refractivity contribution in [3.8, 4) is 0 Å². The molecule has 0 unspecified atom stereocenters. The Morgan fingerprint density at radius 3 is 1.50 bits per heavy atom. The summed E-state index contributed by atoms with van der Waals surface area (Å²) in [6.07, 6.45) is -31.3. The van der Waals surface area contributed by atoms with E-state index in [1.165, 1.54) is 20.8 Å². The van der Waals surface area contributed by atoms with E-state index in [9.17, 15) is 56.2 Å². The van der Waals surface area contributed by atoms with Gasteiger partial charge in [-0.25, -0.2) is 0 Å². The molecule has 0 aromatic rings.